The fourth-order valence-electron chi connectivity index (χ4n) is 2.19. The number of carbonyl (C=O) groups is 1. The average Bonchev–Trinajstić information content (AvgIpc) is 2.65. The van der Waals surface area contributed by atoms with Gasteiger partial charge in [0, 0.05) is 12.1 Å². The van der Waals surface area contributed by atoms with E-state index >= 15 is 0 Å². The number of nitrogens with zero attached hydrogens (tertiary/aromatic N) is 1. The van der Waals surface area contributed by atoms with E-state index < -0.39 is 0 Å². The topological polar surface area (TPSA) is 55.1 Å². The smallest absolute Gasteiger partial charge is 0.226 e. The maximum absolute atomic E-state index is 11.7. The van der Waals surface area contributed by atoms with Gasteiger partial charge in [-0.05, 0) is 19.8 Å². The van der Waals surface area contributed by atoms with Crippen molar-refractivity contribution in [3.05, 3.63) is 17.5 Å². The van der Waals surface area contributed by atoms with Gasteiger partial charge in [-0.1, -0.05) is 24.4 Å². The zero-order valence-electron chi connectivity index (χ0n) is 9.66. The predicted octanol–water partition coefficient (Wildman–Crippen LogP) is 1.97. The molecule has 1 aromatic heterocycles. The Kier molecular flexibility index (Phi) is 3.59. The summed E-state index contributed by atoms with van der Waals surface area (Å²) in [4.78, 5) is 11.7. The van der Waals surface area contributed by atoms with Gasteiger partial charge in [0.05, 0.1) is 12.1 Å². The van der Waals surface area contributed by atoms with E-state index in [9.17, 15) is 4.79 Å². The van der Waals surface area contributed by atoms with Gasteiger partial charge in [-0.25, -0.2) is 0 Å². The van der Waals surface area contributed by atoms with Crippen molar-refractivity contribution < 1.29 is 9.32 Å². The molecule has 88 valence electrons. The molecule has 1 saturated carbocycles. The molecule has 1 aliphatic rings. The van der Waals surface area contributed by atoms with Gasteiger partial charge in [-0.2, -0.15) is 0 Å². The monoisotopic (exact) mass is 222 g/mol. The molecule has 4 nitrogen and oxygen atoms in total. The predicted molar refractivity (Wildman–Crippen MR) is 60.0 cm³/mol. The summed E-state index contributed by atoms with van der Waals surface area (Å²) < 4.78 is 4.93. The number of carbonyl (C=O) groups excluding carboxylic acids is 1. The van der Waals surface area contributed by atoms with Crippen LogP contribution in [0, 0.1) is 6.92 Å². The van der Waals surface area contributed by atoms with Crippen LogP contribution in [0.25, 0.3) is 0 Å². The average molecular weight is 222 g/mol. The first-order chi connectivity index (χ1) is 7.74. The summed E-state index contributed by atoms with van der Waals surface area (Å²) in [5.74, 6) is 0.806. The van der Waals surface area contributed by atoms with Gasteiger partial charge in [-0.15, -0.1) is 0 Å². The van der Waals surface area contributed by atoms with E-state index in [0.717, 1.165) is 18.6 Å². The molecule has 1 fully saturated rings. The number of rotatable bonds is 3. The van der Waals surface area contributed by atoms with E-state index in [-0.39, 0.29) is 5.91 Å². The number of nitrogens with one attached hydrogen (secondary N) is 1. The largest absolute Gasteiger partial charge is 0.361 e. The molecule has 0 aromatic carbocycles. The lowest BCUT2D eigenvalue weighted by Crippen LogP contribution is -2.37. The fourth-order valence-corrected chi connectivity index (χ4v) is 2.19. The molecular formula is C12H18N2O2. The molecule has 1 aromatic rings. The van der Waals surface area contributed by atoms with Gasteiger partial charge in [0.2, 0.25) is 5.91 Å². The van der Waals surface area contributed by atoms with Gasteiger partial charge in [0.15, 0.2) is 0 Å². The van der Waals surface area contributed by atoms with E-state index in [2.05, 4.69) is 10.5 Å². The maximum atomic E-state index is 11.7. The van der Waals surface area contributed by atoms with Crippen LogP contribution in [0.4, 0.5) is 0 Å². The van der Waals surface area contributed by atoms with Crippen molar-refractivity contribution in [3.8, 4) is 0 Å². The fraction of sp³-hybridized carbons (Fsp3) is 0.667. The quantitative estimate of drug-likeness (QED) is 0.850. The van der Waals surface area contributed by atoms with Crippen LogP contribution in [-0.2, 0) is 11.2 Å². The Morgan fingerprint density at radius 3 is 2.88 bits per heavy atom. The van der Waals surface area contributed by atoms with Crippen LogP contribution in [0.3, 0.4) is 0 Å². The number of amides is 1. The standard InChI is InChI=1S/C12H18N2O2/c1-9-7-11(14-16-9)8-12(15)13-10-5-3-2-4-6-10/h7,10H,2-6,8H2,1H3,(H,13,15). The SMILES string of the molecule is Cc1cc(CC(=O)NC2CCCCC2)no1. The summed E-state index contributed by atoms with van der Waals surface area (Å²) in [6.07, 6.45) is 6.32. The second-order valence-corrected chi connectivity index (χ2v) is 4.51. The molecule has 4 heteroatoms. The highest BCUT2D eigenvalue weighted by Gasteiger charge is 2.16. The van der Waals surface area contributed by atoms with Crippen LogP contribution < -0.4 is 5.32 Å². The molecule has 16 heavy (non-hydrogen) atoms. The molecule has 0 saturated heterocycles. The third-order valence-corrected chi connectivity index (χ3v) is 2.99. The molecule has 1 N–H and O–H groups in total. The molecule has 1 amide bonds. The molecule has 0 spiro atoms. The molecule has 0 atom stereocenters. The van der Waals surface area contributed by atoms with Crippen LogP contribution in [-0.4, -0.2) is 17.1 Å². The highest BCUT2D eigenvalue weighted by molar-refractivity contribution is 5.78. The highest BCUT2D eigenvalue weighted by atomic mass is 16.5. The zero-order chi connectivity index (χ0) is 11.4. The Bertz CT molecular complexity index is 354. The van der Waals surface area contributed by atoms with Gasteiger partial charge < -0.3 is 9.84 Å². The van der Waals surface area contributed by atoms with Crippen molar-refractivity contribution in [1.29, 1.82) is 0 Å². The minimum atomic E-state index is 0.0557. The minimum Gasteiger partial charge on any atom is -0.361 e. The number of hydrogen-bond donors (Lipinski definition) is 1. The minimum absolute atomic E-state index is 0.0557. The Balaban J connectivity index is 1.79. The van der Waals surface area contributed by atoms with Gasteiger partial charge >= 0.3 is 0 Å². The lowest BCUT2D eigenvalue weighted by molar-refractivity contribution is -0.121. The van der Waals surface area contributed by atoms with E-state index in [4.69, 9.17) is 4.52 Å². The third-order valence-electron chi connectivity index (χ3n) is 2.99. The molecular weight excluding hydrogens is 204 g/mol. The third kappa shape index (κ3) is 3.08. The van der Waals surface area contributed by atoms with Crippen molar-refractivity contribution in [2.45, 2.75) is 51.5 Å². The summed E-state index contributed by atoms with van der Waals surface area (Å²) in [6.45, 7) is 1.83. The summed E-state index contributed by atoms with van der Waals surface area (Å²) in [7, 11) is 0. The summed E-state index contributed by atoms with van der Waals surface area (Å²) in [6, 6.07) is 2.18. The van der Waals surface area contributed by atoms with Crippen molar-refractivity contribution in [1.82, 2.24) is 10.5 Å². The van der Waals surface area contributed by atoms with Crippen LogP contribution in [0.1, 0.15) is 43.6 Å². The van der Waals surface area contributed by atoms with E-state index in [0.29, 0.717) is 18.2 Å². The molecule has 0 aliphatic heterocycles. The van der Waals surface area contributed by atoms with E-state index in [1.54, 1.807) is 6.07 Å². The highest BCUT2D eigenvalue weighted by Crippen LogP contribution is 2.17. The van der Waals surface area contributed by atoms with Gasteiger partial charge in [-0.3, -0.25) is 4.79 Å². The summed E-state index contributed by atoms with van der Waals surface area (Å²) >= 11 is 0. The van der Waals surface area contributed by atoms with Gasteiger partial charge in [0.25, 0.3) is 0 Å². The molecule has 0 unspecified atom stereocenters. The van der Waals surface area contributed by atoms with Gasteiger partial charge in [0.1, 0.15) is 5.76 Å². The van der Waals surface area contributed by atoms with Crippen molar-refractivity contribution in [2.24, 2.45) is 0 Å². The number of aromatic nitrogens is 1. The first kappa shape index (κ1) is 11.2. The molecule has 0 bridgehead atoms. The molecule has 2 rings (SSSR count). The zero-order valence-corrected chi connectivity index (χ0v) is 9.66. The van der Waals surface area contributed by atoms with Crippen molar-refractivity contribution in [2.75, 3.05) is 0 Å². The maximum Gasteiger partial charge on any atom is 0.226 e. The Labute approximate surface area is 95.4 Å². The lowest BCUT2D eigenvalue weighted by Gasteiger charge is -2.22. The van der Waals surface area contributed by atoms with E-state index in [1.165, 1.54) is 19.3 Å². The number of hydrogen-bond acceptors (Lipinski definition) is 3. The Morgan fingerprint density at radius 2 is 2.25 bits per heavy atom. The van der Waals surface area contributed by atoms with Crippen LogP contribution in [0.15, 0.2) is 10.6 Å². The first-order valence-corrected chi connectivity index (χ1v) is 5.95. The normalized spacial score (nSPS) is 17.3. The number of aryl methyl sites for hydroxylation is 1. The first-order valence-electron chi connectivity index (χ1n) is 5.95. The summed E-state index contributed by atoms with van der Waals surface area (Å²) in [5.41, 5.74) is 0.714. The van der Waals surface area contributed by atoms with Crippen LogP contribution >= 0.6 is 0 Å². The Morgan fingerprint density at radius 1 is 1.50 bits per heavy atom. The second kappa shape index (κ2) is 5.14. The van der Waals surface area contributed by atoms with Crippen molar-refractivity contribution in [3.63, 3.8) is 0 Å². The summed E-state index contributed by atoms with van der Waals surface area (Å²) in [5, 5.41) is 6.87. The molecule has 1 aliphatic carbocycles. The van der Waals surface area contributed by atoms with Crippen molar-refractivity contribution >= 4 is 5.91 Å². The molecule has 1 heterocycles. The van der Waals surface area contributed by atoms with Crippen LogP contribution in [0.5, 0.6) is 0 Å². The lowest BCUT2D eigenvalue weighted by atomic mass is 9.95. The Hall–Kier alpha value is -1.32. The molecule has 0 radical (unpaired) electrons. The van der Waals surface area contributed by atoms with Crippen LogP contribution in [0.2, 0.25) is 0 Å². The second-order valence-electron chi connectivity index (χ2n) is 4.51. The van der Waals surface area contributed by atoms with E-state index in [1.807, 2.05) is 6.92 Å².